The third-order valence-corrected chi connectivity index (χ3v) is 3.97. The molecule has 0 aromatic carbocycles. The van der Waals surface area contributed by atoms with Gasteiger partial charge in [-0.2, -0.15) is 5.26 Å². The first kappa shape index (κ1) is 16.8. The molecule has 0 N–H and O–H groups in total. The molecule has 0 saturated heterocycles. The van der Waals surface area contributed by atoms with Crippen molar-refractivity contribution in [3.63, 3.8) is 0 Å². The summed E-state index contributed by atoms with van der Waals surface area (Å²) in [4.78, 5) is 25.0. The Kier molecular flexibility index (Phi) is 5.19. The predicted octanol–water partition coefficient (Wildman–Crippen LogP) is 2.24. The standard InChI is InChI=1S/C16H17N5OS/c1-5-12(8-11(2)9-17)21-7-6-20(3)14-13(15(21)22)10-18-16(19-14)23-4/h5,8,10H,1-2,6-7H2,3-4H3/b12-8+. The van der Waals surface area contributed by atoms with Crippen molar-refractivity contribution in [1.82, 2.24) is 14.9 Å². The fraction of sp³-hybridized carbons (Fsp3) is 0.250. The molecule has 118 valence electrons. The van der Waals surface area contributed by atoms with Crippen molar-refractivity contribution in [2.75, 3.05) is 31.3 Å². The molecule has 7 heteroatoms. The van der Waals surface area contributed by atoms with Gasteiger partial charge in [-0.3, -0.25) is 4.79 Å². The summed E-state index contributed by atoms with van der Waals surface area (Å²) in [6, 6.07) is 1.95. The lowest BCUT2D eigenvalue weighted by Crippen LogP contribution is -2.32. The Hall–Kier alpha value is -2.59. The molecule has 0 spiro atoms. The maximum Gasteiger partial charge on any atom is 0.263 e. The van der Waals surface area contributed by atoms with Crippen LogP contribution in [0, 0.1) is 11.3 Å². The highest BCUT2D eigenvalue weighted by atomic mass is 32.2. The fourth-order valence-corrected chi connectivity index (χ4v) is 2.54. The summed E-state index contributed by atoms with van der Waals surface area (Å²) in [5.41, 5.74) is 1.23. The van der Waals surface area contributed by atoms with Gasteiger partial charge >= 0.3 is 0 Å². The zero-order valence-corrected chi connectivity index (χ0v) is 13.9. The minimum absolute atomic E-state index is 0.214. The molecule has 1 aromatic rings. The van der Waals surface area contributed by atoms with Gasteiger partial charge < -0.3 is 9.80 Å². The second kappa shape index (κ2) is 7.11. The molecule has 0 unspecified atom stereocenters. The second-order valence-corrected chi connectivity index (χ2v) is 5.66. The van der Waals surface area contributed by atoms with E-state index in [-0.39, 0.29) is 11.5 Å². The number of allylic oxidation sites excluding steroid dienone is 3. The maximum atomic E-state index is 12.9. The molecule has 0 bridgehead atoms. The van der Waals surface area contributed by atoms with Crippen LogP contribution in [-0.4, -0.2) is 47.2 Å². The van der Waals surface area contributed by atoms with E-state index in [1.165, 1.54) is 11.8 Å². The van der Waals surface area contributed by atoms with Gasteiger partial charge in [0.05, 0.1) is 6.07 Å². The Morgan fingerprint density at radius 3 is 2.87 bits per heavy atom. The molecule has 1 amide bonds. The van der Waals surface area contributed by atoms with Gasteiger partial charge in [0.2, 0.25) is 0 Å². The van der Waals surface area contributed by atoms with Gasteiger partial charge in [-0.15, -0.1) is 0 Å². The summed E-state index contributed by atoms with van der Waals surface area (Å²) in [6.45, 7) is 8.42. The SMILES string of the molecule is C=C/C(=C\C(=C)C#N)N1CCN(C)c2nc(SC)ncc2C1=O. The lowest BCUT2D eigenvalue weighted by Gasteiger charge is -2.22. The van der Waals surface area contributed by atoms with Gasteiger partial charge in [0.15, 0.2) is 5.16 Å². The molecule has 0 fully saturated rings. The van der Waals surface area contributed by atoms with Crippen LogP contribution in [0.15, 0.2) is 47.9 Å². The van der Waals surface area contributed by atoms with Crippen molar-refractivity contribution in [1.29, 1.82) is 5.26 Å². The Balaban J connectivity index is 2.48. The van der Waals surface area contributed by atoms with Gasteiger partial charge in [0.1, 0.15) is 11.4 Å². The molecule has 0 aliphatic carbocycles. The van der Waals surface area contributed by atoms with Crippen LogP contribution < -0.4 is 4.90 Å². The first-order valence-corrected chi connectivity index (χ1v) is 8.11. The van der Waals surface area contributed by atoms with Crippen molar-refractivity contribution in [3.8, 4) is 6.07 Å². The largest absolute Gasteiger partial charge is 0.357 e. The first-order valence-electron chi connectivity index (χ1n) is 6.89. The van der Waals surface area contributed by atoms with Crippen LogP contribution in [0.2, 0.25) is 0 Å². The summed E-state index contributed by atoms with van der Waals surface area (Å²) < 4.78 is 0. The third-order valence-electron chi connectivity index (χ3n) is 3.41. The number of hydrogen-bond donors (Lipinski definition) is 0. The van der Waals surface area contributed by atoms with Crippen molar-refractivity contribution in [2.45, 2.75) is 5.16 Å². The Morgan fingerprint density at radius 2 is 2.26 bits per heavy atom. The Morgan fingerprint density at radius 1 is 1.52 bits per heavy atom. The van der Waals surface area contributed by atoms with E-state index in [2.05, 4.69) is 23.1 Å². The van der Waals surface area contributed by atoms with E-state index < -0.39 is 0 Å². The summed E-state index contributed by atoms with van der Waals surface area (Å²) >= 11 is 1.43. The van der Waals surface area contributed by atoms with E-state index in [0.29, 0.717) is 35.3 Å². The van der Waals surface area contributed by atoms with Crippen LogP contribution in [0.4, 0.5) is 5.82 Å². The van der Waals surface area contributed by atoms with Crippen LogP contribution in [0.3, 0.4) is 0 Å². The zero-order chi connectivity index (χ0) is 17.0. The number of hydrogen-bond acceptors (Lipinski definition) is 6. The molecule has 1 aliphatic heterocycles. The minimum atomic E-state index is -0.214. The molecule has 23 heavy (non-hydrogen) atoms. The van der Waals surface area contributed by atoms with Gasteiger partial charge in [-0.1, -0.05) is 24.9 Å². The molecule has 0 radical (unpaired) electrons. The molecule has 6 nitrogen and oxygen atoms in total. The molecule has 1 aromatic heterocycles. The van der Waals surface area contributed by atoms with Crippen molar-refractivity contribution >= 4 is 23.5 Å². The van der Waals surface area contributed by atoms with E-state index in [9.17, 15) is 4.79 Å². The van der Waals surface area contributed by atoms with E-state index in [1.54, 1.807) is 23.2 Å². The number of likely N-dealkylation sites (N-methyl/N-ethyl adjacent to an activating group) is 1. The smallest absolute Gasteiger partial charge is 0.263 e. The van der Waals surface area contributed by atoms with Crippen LogP contribution in [-0.2, 0) is 0 Å². The summed E-state index contributed by atoms with van der Waals surface area (Å²) in [5, 5.41) is 9.51. The van der Waals surface area contributed by atoms with E-state index in [0.717, 1.165) is 0 Å². The second-order valence-electron chi connectivity index (χ2n) is 4.88. The highest BCUT2D eigenvalue weighted by molar-refractivity contribution is 7.98. The summed E-state index contributed by atoms with van der Waals surface area (Å²) in [5.74, 6) is 0.397. The Bertz CT molecular complexity index is 734. The van der Waals surface area contributed by atoms with Crippen LogP contribution in [0.1, 0.15) is 10.4 Å². The number of amides is 1. The maximum absolute atomic E-state index is 12.9. The molecular weight excluding hydrogens is 310 g/mol. The lowest BCUT2D eigenvalue weighted by molar-refractivity contribution is 0.0819. The molecule has 0 atom stereocenters. The molecule has 2 heterocycles. The molecular formula is C16H17N5OS. The van der Waals surface area contributed by atoms with Crippen LogP contribution >= 0.6 is 11.8 Å². The predicted molar refractivity (Wildman–Crippen MR) is 91.2 cm³/mol. The lowest BCUT2D eigenvalue weighted by atomic mass is 10.2. The summed E-state index contributed by atoms with van der Waals surface area (Å²) in [7, 11) is 1.89. The first-order chi connectivity index (χ1) is 11.0. The van der Waals surface area contributed by atoms with Crippen LogP contribution in [0.5, 0.6) is 0 Å². The quantitative estimate of drug-likeness (QED) is 0.365. The topological polar surface area (TPSA) is 73.1 Å². The fourth-order valence-electron chi connectivity index (χ4n) is 2.20. The van der Waals surface area contributed by atoms with E-state index in [4.69, 9.17) is 5.26 Å². The number of rotatable bonds is 4. The van der Waals surface area contributed by atoms with Crippen molar-refractivity contribution in [3.05, 3.63) is 48.3 Å². The van der Waals surface area contributed by atoms with E-state index in [1.807, 2.05) is 24.3 Å². The van der Waals surface area contributed by atoms with Crippen molar-refractivity contribution in [2.24, 2.45) is 0 Å². The average Bonchev–Trinajstić information content (AvgIpc) is 2.70. The number of nitriles is 1. The van der Waals surface area contributed by atoms with Gasteiger partial charge in [-0.05, 0) is 18.4 Å². The number of anilines is 1. The van der Waals surface area contributed by atoms with Gasteiger partial charge in [0.25, 0.3) is 5.91 Å². The number of nitrogens with zero attached hydrogens (tertiary/aromatic N) is 5. The highest BCUT2D eigenvalue weighted by Crippen LogP contribution is 2.25. The normalized spacial score (nSPS) is 14.8. The summed E-state index contributed by atoms with van der Waals surface area (Å²) in [6.07, 6.45) is 6.53. The van der Waals surface area contributed by atoms with Gasteiger partial charge in [0, 0.05) is 37.6 Å². The monoisotopic (exact) mass is 327 g/mol. The zero-order valence-electron chi connectivity index (χ0n) is 13.1. The third kappa shape index (κ3) is 3.43. The van der Waals surface area contributed by atoms with Crippen LogP contribution in [0.25, 0.3) is 0 Å². The molecule has 2 rings (SSSR count). The Labute approximate surface area is 139 Å². The highest BCUT2D eigenvalue weighted by Gasteiger charge is 2.28. The molecule has 1 aliphatic rings. The molecule has 0 saturated carbocycles. The number of carbonyl (C=O) groups excluding carboxylic acids is 1. The van der Waals surface area contributed by atoms with E-state index >= 15 is 0 Å². The van der Waals surface area contributed by atoms with Crippen molar-refractivity contribution < 1.29 is 4.79 Å². The van der Waals surface area contributed by atoms with Gasteiger partial charge in [-0.25, -0.2) is 9.97 Å². The minimum Gasteiger partial charge on any atom is -0.357 e. The number of carbonyl (C=O) groups is 1. The number of thioether (sulfide) groups is 1. The number of aromatic nitrogens is 2. The number of fused-ring (bicyclic) bond motifs is 1. The average molecular weight is 327 g/mol.